The molecule has 0 bridgehead atoms. The first-order chi connectivity index (χ1) is 7.65. The standard InChI is InChI=1S/C13H9F2N/c14-8-5-11-10-2-1-9(16)3-7(10)4-12(11)13(15)6-8/h1-3,5-6H,4,16H2. The largest absolute Gasteiger partial charge is 0.399 e. The molecule has 0 spiro atoms. The number of hydrogen-bond donors (Lipinski definition) is 1. The van der Waals surface area contributed by atoms with Crippen LogP contribution in [0.2, 0.25) is 0 Å². The molecule has 0 unspecified atom stereocenters. The minimum Gasteiger partial charge on any atom is -0.399 e. The monoisotopic (exact) mass is 217 g/mol. The predicted molar refractivity (Wildman–Crippen MR) is 59.0 cm³/mol. The second-order valence-electron chi connectivity index (χ2n) is 4.01. The quantitative estimate of drug-likeness (QED) is 0.575. The van der Waals surface area contributed by atoms with Crippen LogP contribution in [0.15, 0.2) is 30.3 Å². The maximum absolute atomic E-state index is 13.5. The fourth-order valence-corrected chi connectivity index (χ4v) is 2.24. The highest BCUT2D eigenvalue weighted by atomic mass is 19.1. The molecule has 2 aromatic carbocycles. The van der Waals surface area contributed by atoms with Crippen LogP contribution in [-0.2, 0) is 6.42 Å². The number of halogens is 2. The summed E-state index contributed by atoms with van der Waals surface area (Å²) in [5, 5.41) is 0. The summed E-state index contributed by atoms with van der Waals surface area (Å²) in [4.78, 5) is 0. The zero-order valence-corrected chi connectivity index (χ0v) is 8.43. The first kappa shape index (κ1) is 9.33. The molecular formula is C13H9F2N. The van der Waals surface area contributed by atoms with Crippen LogP contribution in [0, 0.1) is 11.6 Å². The highest BCUT2D eigenvalue weighted by molar-refractivity contribution is 5.78. The number of hydrogen-bond acceptors (Lipinski definition) is 1. The lowest BCUT2D eigenvalue weighted by Crippen LogP contribution is -1.89. The van der Waals surface area contributed by atoms with Gasteiger partial charge in [-0.3, -0.25) is 0 Å². The van der Waals surface area contributed by atoms with Crippen LogP contribution >= 0.6 is 0 Å². The minimum absolute atomic E-state index is 0.482. The Bertz CT molecular complexity index is 591. The van der Waals surface area contributed by atoms with Gasteiger partial charge in [-0.25, -0.2) is 8.78 Å². The van der Waals surface area contributed by atoms with E-state index in [1.54, 1.807) is 6.07 Å². The van der Waals surface area contributed by atoms with Gasteiger partial charge in [0, 0.05) is 23.7 Å². The summed E-state index contributed by atoms with van der Waals surface area (Å²) in [7, 11) is 0. The highest BCUT2D eigenvalue weighted by Crippen LogP contribution is 2.39. The lowest BCUT2D eigenvalue weighted by atomic mass is 10.1. The smallest absolute Gasteiger partial charge is 0.130 e. The number of benzene rings is 2. The summed E-state index contributed by atoms with van der Waals surface area (Å²) in [5.74, 6) is -1.02. The van der Waals surface area contributed by atoms with E-state index >= 15 is 0 Å². The molecule has 80 valence electrons. The fraction of sp³-hybridized carbons (Fsp3) is 0.0769. The minimum atomic E-state index is -0.541. The molecule has 2 aromatic rings. The zero-order chi connectivity index (χ0) is 11.3. The Morgan fingerprint density at radius 1 is 1.00 bits per heavy atom. The molecule has 2 N–H and O–H groups in total. The Morgan fingerprint density at radius 3 is 2.62 bits per heavy atom. The second-order valence-corrected chi connectivity index (χ2v) is 4.01. The third-order valence-corrected chi connectivity index (χ3v) is 2.95. The Hall–Kier alpha value is -1.90. The number of anilines is 1. The molecule has 3 rings (SSSR count). The van der Waals surface area contributed by atoms with Crippen LogP contribution in [0.5, 0.6) is 0 Å². The van der Waals surface area contributed by atoms with Gasteiger partial charge in [0.2, 0.25) is 0 Å². The van der Waals surface area contributed by atoms with E-state index in [9.17, 15) is 8.78 Å². The van der Waals surface area contributed by atoms with Crippen molar-refractivity contribution in [2.45, 2.75) is 6.42 Å². The molecule has 1 nitrogen and oxygen atoms in total. The molecule has 16 heavy (non-hydrogen) atoms. The van der Waals surface area contributed by atoms with Gasteiger partial charge in [0.25, 0.3) is 0 Å². The van der Waals surface area contributed by atoms with Crippen LogP contribution in [0.1, 0.15) is 11.1 Å². The normalized spacial score (nSPS) is 12.4. The molecule has 0 atom stereocenters. The van der Waals surface area contributed by atoms with E-state index in [4.69, 9.17) is 5.73 Å². The number of nitrogens with two attached hydrogens (primary N) is 1. The molecule has 3 heteroatoms. The molecule has 0 radical (unpaired) electrons. The second kappa shape index (κ2) is 3.04. The zero-order valence-electron chi connectivity index (χ0n) is 8.43. The van der Waals surface area contributed by atoms with E-state index in [-0.39, 0.29) is 0 Å². The lowest BCUT2D eigenvalue weighted by molar-refractivity contribution is 0.577. The average molecular weight is 217 g/mol. The van der Waals surface area contributed by atoms with Gasteiger partial charge in [0.1, 0.15) is 11.6 Å². The van der Waals surface area contributed by atoms with Gasteiger partial charge in [-0.05, 0) is 34.9 Å². The molecule has 1 aliphatic rings. The van der Waals surface area contributed by atoms with Crippen molar-refractivity contribution in [3.8, 4) is 11.1 Å². The van der Waals surface area contributed by atoms with Gasteiger partial charge in [-0.1, -0.05) is 6.07 Å². The molecule has 1 aliphatic carbocycles. The Kier molecular flexibility index (Phi) is 1.78. The lowest BCUT2D eigenvalue weighted by Gasteiger charge is -2.02. The van der Waals surface area contributed by atoms with Crippen molar-refractivity contribution in [1.29, 1.82) is 0 Å². The summed E-state index contributed by atoms with van der Waals surface area (Å²) in [6, 6.07) is 7.67. The summed E-state index contributed by atoms with van der Waals surface area (Å²) < 4.78 is 26.7. The summed E-state index contributed by atoms with van der Waals surface area (Å²) in [6.45, 7) is 0. The van der Waals surface area contributed by atoms with Crippen LogP contribution in [0.25, 0.3) is 11.1 Å². The van der Waals surface area contributed by atoms with E-state index in [0.29, 0.717) is 23.2 Å². The third kappa shape index (κ3) is 1.21. The van der Waals surface area contributed by atoms with E-state index < -0.39 is 11.6 Å². The van der Waals surface area contributed by atoms with Crippen LogP contribution < -0.4 is 5.73 Å². The molecule has 0 aliphatic heterocycles. The van der Waals surface area contributed by atoms with Crippen molar-refractivity contribution < 1.29 is 8.78 Å². The first-order valence-corrected chi connectivity index (χ1v) is 5.02. The van der Waals surface area contributed by atoms with Gasteiger partial charge in [0.15, 0.2) is 0 Å². The van der Waals surface area contributed by atoms with Crippen LogP contribution in [-0.4, -0.2) is 0 Å². The molecule has 0 saturated heterocycles. The van der Waals surface area contributed by atoms with Crippen molar-refractivity contribution in [2.24, 2.45) is 0 Å². The molecular weight excluding hydrogens is 208 g/mol. The fourth-order valence-electron chi connectivity index (χ4n) is 2.24. The Labute approximate surface area is 91.5 Å². The SMILES string of the molecule is Nc1ccc2c(c1)Cc1c(F)cc(F)cc1-2. The number of fused-ring (bicyclic) bond motifs is 3. The Morgan fingerprint density at radius 2 is 1.81 bits per heavy atom. The maximum Gasteiger partial charge on any atom is 0.130 e. The van der Waals surface area contributed by atoms with Crippen LogP contribution in [0.4, 0.5) is 14.5 Å². The Balaban J connectivity index is 2.29. The van der Waals surface area contributed by atoms with E-state index in [0.717, 1.165) is 17.2 Å². The van der Waals surface area contributed by atoms with Crippen molar-refractivity contribution in [3.05, 3.63) is 53.1 Å². The van der Waals surface area contributed by atoms with Crippen molar-refractivity contribution >= 4 is 5.69 Å². The van der Waals surface area contributed by atoms with Gasteiger partial charge >= 0.3 is 0 Å². The van der Waals surface area contributed by atoms with Crippen LogP contribution in [0.3, 0.4) is 0 Å². The highest BCUT2D eigenvalue weighted by Gasteiger charge is 2.22. The van der Waals surface area contributed by atoms with Crippen molar-refractivity contribution in [1.82, 2.24) is 0 Å². The summed E-state index contributed by atoms with van der Waals surface area (Å²) >= 11 is 0. The summed E-state index contributed by atoms with van der Waals surface area (Å²) in [5.41, 5.74) is 9.35. The van der Waals surface area contributed by atoms with Gasteiger partial charge in [-0.15, -0.1) is 0 Å². The predicted octanol–water partition coefficient (Wildman–Crippen LogP) is 3.12. The number of rotatable bonds is 0. The van der Waals surface area contributed by atoms with Gasteiger partial charge in [-0.2, -0.15) is 0 Å². The molecule has 0 aromatic heterocycles. The van der Waals surface area contributed by atoms with Gasteiger partial charge < -0.3 is 5.73 Å². The van der Waals surface area contributed by atoms with E-state index in [2.05, 4.69) is 0 Å². The third-order valence-electron chi connectivity index (χ3n) is 2.95. The van der Waals surface area contributed by atoms with E-state index in [1.165, 1.54) is 6.07 Å². The number of nitrogen functional groups attached to an aromatic ring is 1. The topological polar surface area (TPSA) is 26.0 Å². The molecule has 0 saturated carbocycles. The molecule has 0 fully saturated rings. The van der Waals surface area contributed by atoms with Gasteiger partial charge in [0.05, 0.1) is 0 Å². The first-order valence-electron chi connectivity index (χ1n) is 5.02. The van der Waals surface area contributed by atoms with E-state index in [1.807, 2.05) is 12.1 Å². The van der Waals surface area contributed by atoms with Crippen molar-refractivity contribution in [3.63, 3.8) is 0 Å². The maximum atomic E-state index is 13.5. The average Bonchev–Trinajstić information content (AvgIpc) is 2.56. The summed E-state index contributed by atoms with van der Waals surface area (Å²) in [6.07, 6.45) is 0.488. The molecule has 0 heterocycles. The molecule has 0 amide bonds. The van der Waals surface area contributed by atoms with Crippen molar-refractivity contribution in [2.75, 3.05) is 5.73 Å².